The van der Waals surface area contributed by atoms with E-state index in [0.717, 1.165) is 15.9 Å². The molecule has 10 nitrogen and oxygen atoms in total. The van der Waals surface area contributed by atoms with Crippen LogP contribution in [-0.2, 0) is 19.1 Å². The van der Waals surface area contributed by atoms with E-state index >= 15 is 0 Å². The number of amides is 1. The van der Waals surface area contributed by atoms with Gasteiger partial charge >= 0.3 is 6.18 Å². The fraction of sp³-hybridized carbons (Fsp3) is 0.261. The number of benzene rings is 1. The maximum Gasteiger partial charge on any atom is 0.455 e. The number of tetrazole rings is 1. The third-order valence-electron chi connectivity index (χ3n) is 5.42. The summed E-state index contributed by atoms with van der Waals surface area (Å²) in [5, 5.41) is 16.9. The highest BCUT2D eigenvalue weighted by Crippen LogP contribution is 2.26. The van der Waals surface area contributed by atoms with Crippen LogP contribution in [0.25, 0.3) is 5.82 Å². The average Bonchev–Trinajstić information content (AvgIpc) is 3.48. The summed E-state index contributed by atoms with van der Waals surface area (Å²) in [5.74, 6) is -2.00. The number of Topliss-reactive ketones (excluding diaryl/α,β-unsaturated/α-hetero) is 1. The lowest BCUT2D eigenvalue weighted by atomic mass is 9.93. The molecule has 1 N–H and O–H groups in total. The zero-order valence-electron chi connectivity index (χ0n) is 19.8. The van der Waals surface area contributed by atoms with Crippen LogP contribution < -0.4 is 5.32 Å². The van der Waals surface area contributed by atoms with E-state index in [4.69, 9.17) is 11.6 Å². The summed E-state index contributed by atoms with van der Waals surface area (Å²) >= 11 is 6.29. The number of aromatic nitrogens is 7. The number of rotatable bonds is 7. The molecule has 37 heavy (non-hydrogen) atoms. The van der Waals surface area contributed by atoms with Gasteiger partial charge in [0.05, 0.1) is 10.7 Å². The normalized spacial score (nSPS) is 11.5. The molecule has 14 heteroatoms. The number of nitrogens with one attached hydrogen (secondary N) is 1. The monoisotopic (exact) mass is 532 g/mol. The van der Waals surface area contributed by atoms with Gasteiger partial charge in [0.25, 0.3) is 11.7 Å². The average molecular weight is 533 g/mol. The van der Waals surface area contributed by atoms with Crippen LogP contribution in [0.15, 0.2) is 36.5 Å². The molecule has 1 aromatic carbocycles. The van der Waals surface area contributed by atoms with Crippen molar-refractivity contribution in [2.45, 2.75) is 33.0 Å². The van der Waals surface area contributed by atoms with Crippen LogP contribution >= 0.6 is 11.6 Å². The molecule has 0 spiro atoms. The molecule has 0 bridgehead atoms. The molecule has 3 aromatic heterocycles. The van der Waals surface area contributed by atoms with Crippen LogP contribution in [0.4, 0.5) is 13.2 Å². The van der Waals surface area contributed by atoms with Gasteiger partial charge < -0.3 is 5.32 Å². The molecular formula is C23H20ClF3N8O2. The molecule has 0 aliphatic rings. The summed E-state index contributed by atoms with van der Waals surface area (Å²) in [7, 11) is 1.50. The highest BCUT2D eigenvalue weighted by molar-refractivity contribution is 6.32. The Morgan fingerprint density at radius 2 is 1.89 bits per heavy atom. The summed E-state index contributed by atoms with van der Waals surface area (Å²) in [5.41, 5.74) is 2.74. The van der Waals surface area contributed by atoms with E-state index in [1.165, 1.54) is 24.0 Å². The quantitative estimate of drug-likeness (QED) is 0.362. The van der Waals surface area contributed by atoms with Gasteiger partial charge in [-0.2, -0.15) is 23.1 Å². The number of pyridine rings is 1. The molecule has 0 fully saturated rings. The Morgan fingerprint density at radius 1 is 1.14 bits per heavy atom. The lowest BCUT2D eigenvalue weighted by Crippen LogP contribution is -2.22. The molecular weight excluding hydrogens is 513 g/mol. The number of aryl methyl sites for hydroxylation is 2. The molecule has 0 saturated carbocycles. The molecule has 4 aromatic rings. The predicted octanol–water partition coefficient (Wildman–Crippen LogP) is 3.38. The Labute approximate surface area is 213 Å². The SMILES string of the molecule is CNC(=O)c1cc(C)cc(C)c1CC(=O)c1cc(Cn2nnc(C(F)(F)F)n2)nn1-c1ncccc1Cl. The standard InChI is InChI=1S/C23H20ClF3N8O2/c1-12-7-13(2)15(16(8-12)21(37)28-3)10-19(36)18-9-14(11-34-32-22(30-33-34)23(25,26)27)31-35(18)20-17(24)5-4-6-29-20/h4-9H,10-11H2,1-3H3,(H,28,37). The lowest BCUT2D eigenvalue weighted by molar-refractivity contribution is -0.145. The Morgan fingerprint density at radius 3 is 2.54 bits per heavy atom. The van der Waals surface area contributed by atoms with E-state index in [1.54, 1.807) is 25.1 Å². The third-order valence-corrected chi connectivity index (χ3v) is 5.72. The summed E-state index contributed by atoms with van der Waals surface area (Å²) < 4.78 is 39.8. The van der Waals surface area contributed by atoms with Gasteiger partial charge in [0.2, 0.25) is 0 Å². The first kappa shape index (κ1) is 25.9. The molecule has 0 radical (unpaired) electrons. The number of halogens is 4. The van der Waals surface area contributed by atoms with E-state index in [1.807, 2.05) is 13.0 Å². The van der Waals surface area contributed by atoms with Crippen LogP contribution in [-0.4, -0.2) is 53.7 Å². The molecule has 3 heterocycles. The van der Waals surface area contributed by atoms with Crippen molar-refractivity contribution in [2.75, 3.05) is 7.05 Å². The molecule has 0 unspecified atom stereocenters. The van der Waals surface area contributed by atoms with Crippen molar-refractivity contribution in [3.63, 3.8) is 0 Å². The second-order valence-electron chi connectivity index (χ2n) is 8.17. The molecule has 0 saturated heterocycles. The first-order valence-electron chi connectivity index (χ1n) is 10.9. The van der Waals surface area contributed by atoms with Gasteiger partial charge in [0, 0.05) is 25.2 Å². The summed E-state index contributed by atoms with van der Waals surface area (Å²) in [6.07, 6.45) is -3.45. The Hall–Kier alpha value is -4.13. The number of hydrogen-bond donors (Lipinski definition) is 1. The van der Waals surface area contributed by atoms with Gasteiger partial charge in [-0.3, -0.25) is 9.59 Å². The van der Waals surface area contributed by atoms with E-state index in [9.17, 15) is 22.8 Å². The maximum atomic E-state index is 13.6. The minimum absolute atomic E-state index is 0.0644. The van der Waals surface area contributed by atoms with Crippen molar-refractivity contribution in [1.82, 2.24) is 40.3 Å². The van der Waals surface area contributed by atoms with Crippen LogP contribution in [0, 0.1) is 13.8 Å². The summed E-state index contributed by atoms with van der Waals surface area (Å²) in [4.78, 5) is 31.0. The van der Waals surface area contributed by atoms with Gasteiger partial charge in [-0.1, -0.05) is 23.2 Å². The number of hydrogen-bond acceptors (Lipinski definition) is 7. The van der Waals surface area contributed by atoms with Gasteiger partial charge in [-0.15, -0.1) is 10.2 Å². The molecule has 1 amide bonds. The number of carbonyl (C=O) groups is 2. The largest absolute Gasteiger partial charge is 0.455 e. The summed E-state index contributed by atoms with van der Waals surface area (Å²) in [6.45, 7) is 3.35. The molecule has 0 atom stereocenters. The maximum absolute atomic E-state index is 13.6. The fourth-order valence-corrected chi connectivity index (χ4v) is 3.99. The molecule has 192 valence electrons. The zero-order chi connectivity index (χ0) is 26.9. The van der Waals surface area contributed by atoms with Gasteiger partial charge in [0.15, 0.2) is 11.6 Å². The van der Waals surface area contributed by atoms with E-state index in [2.05, 4.69) is 30.8 Å². The predicted molar refractivity (Wildman–Crippen MR) is 126 cm³/mol. The highest BCUT2D eigenvalue weighted by Gasteiger charge is 2.37. The van der Waals surface area contributed by atoms with Crippen LogP contribution in [0.2, 0.25) is 5.02 Å². The van der Waals surface area contributed by atoms with E-state index in [0.29, 0.717) is 11.1 Å². The van der Waals surface area contributed by atoms with Crippen molar-refractivity contribution >= 4 is 23.3 Å². The van der Waals surface area contributed by atoms with Crippen molar-refractivity contribution in [2.24, 2.45) is 0 Å². The van der Waals surface area contributed by atoms with Crippen molar-refractivity contribution in [3.8, 4) is 5.82 Å². The zero-order valence-corrected chi connectivity index (χ0v) is 20.6. The third kappa shape index (κ3) is 5.50. The minimum Gasteiger partial charge on any atom is -0.355 e. The van der Waals surface area contributed by atoms with Crippen molar-refractivity contribution in [3.05, 3.63) is 81.0 Å². The fourth-order valence-electron chi connectivity index (χ4n) is 3.79. The number of nitrogens with zero attached hydrogens (tertiary/aromatic N) is 7. The topological polar surface area (TPSA) is 120 Å². The van der Waals surface area contributed by atoms with Crippen molar-refractivity contribution < 1.29 is 22.8 Å². The number of alkyl halides is 3. The molecule has 0 aliphatic heterocycles. The smallest absolute Gasteiger partial charge is 0.355 e. The number of ketones is 1. The Balaban J connectivity index is 1.75. The Bertz CT molecular complexity index is 1500. The highest BCUT2D eigenvalue weighted by atomic mass is 35.5. The van der Waals surface area contributed by atoms with Crippen LogP contribution in [0.5, 0.6) is 0 Å². The minimum atomic E-state index is -4.76. The Kier molecular flexibility index (Phi) is 7.07. The lowest BCUT2D eigenvalue weighted by Gasteiger charge is -2.13. The van der Waals surface area contributed by atoms with Crippen molar-refractivity contribution in [1.29, 1.82) is 0 Å². The molecule has 0 aliphatic carbocycles. The van der Waals surface area contributed by atoms with Crippen LogP contribution in [0.1, 0.15) is 49.1 Å². The van der Waals surface area contributed by atoms with E-state index in [-0.39, 0.29) is 41.1 Å². The second kappa shape index (κ2) is 10.1. The number of carbonyl (C=O) groups excluding carboxylic acids is 2. The first-order chi connectivity index (χ1) is 17.5. The van der Waals surface area contributed by atoms with E-state index < -0.39 is 17.8 Å². The van der Waals surface area contributed by atoms with Crippen LogP contribution in [0.3, 0.4) is 0 Å². The van der Waals surface area contributed by atoms with Gasteiger partial charge in [0.1, 0.15) is 12.2 Å². The summed E-state index contributed by atoms with van der Waals surface area (Å²) in [6, 6.07) is 8.11. The van der Waals surface area contributed by atoms with Gasteiger partial charge in [-0.25, -0.2) is 9.67 Å². The first-order valence-corrected chi connectivity index (χ1v) is 11.3. The second-order valence-corrected chi connectivity index (χ2v) is 8.58. The van der Waals surface area contributed by atoms with Gasteiger partial charge in [-0.05, 0) is 54.5 Å². The molecule has 4 rings (SSSR count).